The van der Waals surface area contributed by atoms with E-state index in [4.69, 9.17) is 10.5 Å². The maximum absolute atomic E-state index is 12.7. The van der Waals surface area contributed by atoms with Crippen LogP contribution in [0.25, 0.3) is 0 Å². The summed E-state index contributed by atoms with van der Waals surface area (Å²) in [6.45, 7) is 1.91. The molecule has 3 N–H and O–H groups in total. The van der Waals surface area contributed by atoms with Gasteiger partial charge in [-0.2, -0.15) is 0 Å². The highest BCUT2D eigenvalue weighted by Crippen LogP contribution is 2.25. The Morgan fingerprint density at radius 2 is 2.00 bits per heavy atom. The number of carbonyl (C=O) groups excluding carboxylic acids is 2. The van der Waals surface area contributed by atoms with Crippen molar-refractivity contribution in [2.45, 2.75) is 38.8 Å². The van der Waals surface area contributed by atoms with E-state index in [-0.39, 0.29) is 5.91 Å². The highest BCUT2D eigenvalue weighted by Gasteiger charge is 2.17. The van der Waals surface area contributed by atoms with E-state index in [0.717, 1.165) is 39.6 Å². The third-order valence-electron chi connectivity index (χ3n) is 4.40. The molecule has 0 radical (unpaired) electrons. The summed E-state index contributed by atoms with van der Waals surface area (Å²) in [5.41, 5.74) is 9.48. The Labute approximate surface area is 168 Å². The van der Waals surface area contributed by atoms with Crippen LogP contribution in [0.4, 0.5) is 0 Å². The maximum Gasteiger partial charge on any atom is 0.253 e. The minimum Gasteiger partial charge on any atom is -0.496 e. The molecular formula is C21H25BrN2O3. The van der Waals surface area contributed by atoms with Gasteiger partial charge in [-0.25, -0.2) is 0 Å². The van der Waals surface area contributed by atoms with Crippen LogP contribution in [0, 0.1) is 6.92 Å². The highest BCUT2D eigenvalue weighted by atomic mass is 79.9. The van der Waals surface area contributed by atoms with E-state index in [0.29, 0.717) is 24.8 Å². The first-order valence-corrected chi connectivity index (χ1v) is 9.66. The van der Waals surface area contributed by atoms with Crippen LogP contribution in [-0.2, 0) is 17.6 Å². The molecule has 0 saturated carbocycles. The quantitative estimate of drug-likeness (QED) is 0.468. The van der Waals surface area contributed by atoms with Gasteiger partial charge in [0.05, 0.1) is 13.3 Å². The number of nitrogens with two attached hydrogens (primary N) is 1. The van der Waals surface area contributed by atoms with Crippen molar-refractivity contribution in [3.8, 4) is 5.75 Å². The lowest BCUT2D eigenvalue weighted by atomic mass is 9.95. The molecular weight excluding hydrogens is 408 g/mol. The maximum atomic E-state index is 12.7. The van der Waals surface area contributed by atoms with Crippen LogP contribution in [0.5, 0.6) is 5.75 Å². The van der Waals surface area contributed by atoms with Crippen LogP contribution >= 0.6 is 15.9 Å². The van der Waals surface area contributed by atoms with E-state index in [1.807, 2.05) is 43.3 Å². The second-order valence-electron chi connectivity index (χ2n) is 6.39. The fourth-order valence-corrected chi connectivity index (χ4v) is 3.44. The lowest BCUT2D eigenvalue weighted by Crippen LogP contribution is -2.42. The molecule has 2 rings (SSSR count). The summed E-state index contributed by atoms with van der Waals surface area (Å²) in [4.78, 5) is 23.2. The number of amides is 1. The van der Waals surface area contributed by atoms with Crippen LogP contribution in [-0.4, -0.2) is 25.5 Å². The molecule has 2 aromatic carbocycles. The number of aldehydes is 1. The van der Waals surface area contributed by atoms with Crippen molar-refractivity contribution >= 4 is 28.1 Å². The van der Waals surface area contributed by atoms with E-state index in [9.17, 15) is 9.59 Å². The first kappa shape index (κ1) is 21.1. The van der Waals surface area contributed by atoms with Crippen molar-refractivity contribution in [2.24, 2.45) is 5.73 Å². The molecule has 0 spiro atoms. The number of hydrogen-bond donors (Lipinski definition) is 2. The molecule has 6 heteroatoms. The molecule has 27 heavy (non-hydrogen) atoms. The Morgan fingerprint density at radius 1 is 1.26 bits per heavy atom. The summed E-state index contributed by atoms with van der Waals surface area (Å²) < 4.78 is 6.42. The smallest absolute Gasteiger partial charge is 0.253 e. The van der Waals surface area contributed by atoms with Crippen LogP contribution in [0.15, 0.2) is 40.9 Å². The normalized spacial score (nSPS) is 11.7. The Hall–Kier alpha value is -2.18. The molecule has 0 aromatic heterocycles. The van der Waals surface area contributed by atoms with Gasteiger partial charge in [0.25, 0.3) is 5.91 Å². The predicted molar refractivity (Wildman–Crippen MR) is 110 cm³/mol. The molecule has 0 aliphatic heterocycles. The number of nitrogens with one attached hydrogen (secondary N) is 1. The minimum absolute atomic E-state index is 0.206. The van der Waals surface area contributed by atoms with Crippen LogP contribution in [0.3, 0.4) is 0 Å². The molecule has 144 valence electrons. The summed E-state index contributed by atoms with van der Waals surface area (Å²) in [7, 11) is 1.65. The number of hydrogen-bond acceptors (Lipinski definition) is 4. The monoisotopic (exact) mass is 432 g/mol. The van der Waals surface area contributed by atoms with Crippen molar-refractivity contribution < 1.29 is 14.3 Å². The molecule has 5 nitrogen and oxygen atoms in total. The minimum atomic E-state index is -0.541. The second-order valence-corrected chi connectivity index (χ2v) is 7.30. The van der Waals surface area contributed by atoms with Gasteiger partial charge >= 0.3 is 0 Å². The fraction of sp³-hybridized carbons (Fsp3) is 0.333. The summed E-state index contributed by atoms with van der Waals surface area (Å²) in [5, 5.41) is 2.79. The van der Waals surface area contributed by atoms with E-state index >= 15 is 0 Å². The van der Waals surface area contributed by atoms with Gasteiger partial charge in [-0.3, -0.25) is 4.79 Å². The lowest BCUT2D eigenvalue weighted by Gasteiger charge is -2.17. The number of benzene rings is 2. The number of aryl methyl sites for hydroxylation is 3. The molecule has 0 aliphatic rings. The van der Waals surface area contributed by atoms with Crippen molar-refractivity contribution in [3.05, 3.63) is 63.1 Å². The van der Waals surface area contributed by atoms with Gasteiger partial charge < -0.3 is 20.6 Å². The molecule has 2 aromatic rings. The Morgan fingerprint density at radius 3 is 2.70 bits per heavy atom. The van der Waals surface area contributed by atoms with E-state index in [1.165, 1.54) is 0 Å². The van der Waals surface area contributed by atoms with Gasteiger partial charge in [-0.15, -0.1) is 0 Å². The summed E-state index contributed by atoms with van der Waals surface area (Å²) in [5.74, 6) is 0.621. The Balaban J connectivity index is 2.18. The van der Waals surface area contributed by atoms with Gasteiger partial charge in [0.15, 0.2) is 0 Å². The van der Waals surface area contributed by atoms with E-state index < -0.39 is 6.17 Å². The number of rotatable bonds is 9. The van der Waals surface area contributed by atoms with E-state index in [1.54, 1.807) is 7.11 Å². The first-order chi connectivity index (χ1) is 13.0. The van der Waals surface area contributed by atoms with Crippen LogP contribution in [0.1, 0.15) is 39.9 Å². The van der Waals surface area contributed by atoms with Crippen LogP contribution in [0.2, 0.25) is 0 Å². The van der Waals surface area contributed by atoms with Crippen molar-refractivity contribution in [1.29, 1.82) is 0 Å². The third-order valence-corrected chi connectivity index (χ3v) is 4.90. The van der Waals surface area contributed by atoms with Crippen molar-refractivity contribution in [3.63, 3.8) is 0 Å². The molecule has 0 heterocycles. The van der Waals surface area contributed by atoms with Gasteiger partial charge in [-0.1, -0.05) is 34.1 Å². The molecule has 0 saturated heterocycles. The van der Waals surface area contributed by atoms with Crippen molar-refractivity contribution in [2.75, 3.05) is 7.11 Å². The highest BCUT2D eigenvalue weighted by molar-refractivity contribution is 9.10. The fourth-order valence-electron chi connectivity index (χ4n) is 3.03. The Kier molecular flexibility index (Phi) is 8.00. The zero-order chi connectivity index (χ0) is 19.8. The number of halogens is 1. The Bertz CT molecular complexity index is 808. The number of methoxy groups -OCH3 is 1. The number of carbonyl (C=O) groups is 2. The lowest BCUT2D eigenvalue weighted by molar-refractivity contribution is -0.108. The zero-order valence-electron chi connectivity index (χ0n) is 15.6. The molecule has 0 fully saturated rings. The molecule has 0 bridgehead atoms. The van der Waals surface area contributed by atoms with Crippen molar-refractivity contribution in [1.82, 2.24) is 5.32 Å². The summed E-state index contributed by atoms with van der Waals surface area (Å²) in [6.07, 6.45) is 2.44. The predicted octanol–water partition coefficient (Wildman–Crippen LogP) is 3.55. The molecule has 1 amide bonds. The zero-order valence-corrected chi connectivity index (χ0v) is 17.2. The molecule has 0 aliphatic carbocycles. The average molecular weight is 433 g/mol. The van der Waals surface area contributed by atoms with Gasteiger partial charge in [-0.05, 0) is 61.1 Å². The topological polar surface area (TPSA) is 81.4 Å². The molecule has 1 unspecified atom stereocenters. The average Bonchev–Trinajstić information content (AvgIpc) is 2.64. The van der Waals surface area contributed by atoms with Gasteiger partial charge in [0, 0.05) is 16.5 Å². The third kappa shape index (κ3) is 5.91. The standard InChI is InChI=1S/C21H25BrN2O3/c1-14-5-3-6-15(20(14)21(26)24-19(23)7-4-12-25)8-9-16-13-17(22)10-11-18(16)27-2/h3,5-6,10-13,19H,4,7-9,23H2,1-2H3,(H,24,26). The first-order valence-electron chi connectivity index (χ1n) is 8.87. The molecule has 1 atom stereocenters. The van der Waals surface area contributed by atoms with Gasteiger partial charge in [0.1, 0.15) is 12.0 Å². The SMILES string of the molecule is COc1ccc(Br)cc1CCc1cccc(C)c1C(=O)NC(N)CCC=O. The largest absolute Gasteiger partial charge is 0.496 e. The van der Waals surface area contributed by atoms with Crippen LogP contribution < -0.4 is 15.8 Å². The summed E-state index contributed by atoms with van der Waals surface area (Å²) >= 11 is 3.49. The summed E-state index contributed by atoms with van der Waals surface area (Å²) in [6, 6.07) is 11.7. The van der Waals surface area contributed by atoms with E-state index in [2.05, 4.69) is 21.2 Å². The van der Waals surface area contributed by atoms with Gasteiger partial charge in [0.2, 0.25) is 0 Å². The second kappa shape index (κ2) is 10.2. The number of ether oxygens (including phenoxy) is 1.